The van der Waals surface area contributed by atoms with Crippen molar-refractivity contribution in [2.45, 2.75) is 40.2 Å². The third-order valence-corrected chi connectivity index (χ3v) is 3.39. The van der Waals surface area contributed by atoms with Crippen LogP contribution in [0, 0.1) is 5.41 Å². The first kappa shape index (κ1) is 16.0. The van der Waals surface area contributed by atoms with Crippen molar-refractivity contribution in [3.63, 3.8) is 0 Å². The smallest absolute Gasteiger partial charge is 0.325 e. The van der Waals surface area contributed by atoms with Crippen molar-refractivity contribution in [1.29, 1.82) is 0 Å². The van der Waals surface area contributed by atoms with E-state index in [1.807, 2.05) is 20.8 Å². The van der Waals surface area contributed by atoms with Crippen molar-refractivity contribution in [3.8, 4) is 0 Å². The molecule has 1 aromatic carbocycles. The van der Waals surface area contributed by atoms with Crippen molar-refractivity contribution in [2.24, 2.45) is 5.41 Å². The van der Waals surface area contributed by atoms with E-state index >= 15 is 0 Å². The van der Waals surface area contributed by atoms with Crippen molar-refractivity contribution >= 4 is 23.3 Å². The number of amides is 1. The molecular formula is C15H22N2O3. The second-order valence-electron chi connectivity index (χ2n) is 5.47. The summed E-state index contributed by atoms with van der Waals surface area (Å²) in [4.78, 5) is 22.8. The van der Waals surface area contributed by atoms with Gasteiger partial charge in [0.2, 0.25) is 5.91 Å². The number of carboxylic acids is 1. The Labute approximate surface area is 119 Å². The third-order valence-electron chi connectivity index (χ3n) is 3.39. The number of carbonyl (C=O) groups excluding carboxylic acids is 1. The van der Waals surface area contributed by atoms with E-state index in [0.717, 1.165) is 6.42 Å². The molecule has 0 fully saturated rings. The van der Waals surface area contributed by atoms with Crippen LogP contribution in [0.1, 0.15) is 34.1 Å². The Hall–Kier alpha value is -2.04. The van der Waals surface area contributed by atoms with Crippen LogP contribution in [-0.2, 0) is 9.59 Å². The first-order chi connectivity index (χ1) is 9.26. The lowest BCUT2D eigenvalue weighted by molar-refractivity contribution is -0.137. The van der Waals surface area contributed by atoms with E-state index in [1.165, 1.54) is 0 Å². The minimum absolute atomic E-state index is 0.0281. The second-order valence-corrected chi connectivity index (χ2v) is 5.47. The van der Waals surface area contributed by atoms with Gasteiger partial charge in [-0.2, -0.15) is 0 Å². The van der Waals surface area contributed by atoms with E-state index in [4.69, 9.17) is 5.11 Å². The van der Waals surface area contributed by atoms with Crippen LogP contribution in [0.2, 0.25) is 0 Å². The summed E-state index contributed by atoms with van der Waals surface area (Å²) in [6.07, 6.45) is 0.759. The number of benzene rings is 1. The third kappa shape index (κ3) is 4.26. The van der Waals surface area contributed by atoms with Gasteiger partial charge < -0.3 is 15.7 Å². The molecule has 0 heterocycles. The van der Waals surface area contributed by atoms with Crippen LogP contribution in [0.3, 0.4) is 0 Å². The molecule has 1 atom stereocenters. The van der Waals surface area contributed by atoms with E-state index in [0.29, 0.717) is 11.4 Å². The van der Waals surface area contributed by atoms with Crippen LogP contribution in [0.5, 0.6) is 0 Å². The highest BCUT2D eigenvalue weighted by Gasteiger charge is 2.25. The molecule has 0 aliphatic heterocycles. The normalized spacial score (nSPS) is 12.6. The second kappa shape index (κ2) is 6.41. The number of aliphatic carboxylic acids is 1. The number of carbonyl (C=O) groups is 2. The summed E-state index contributed by atoms with van der Waals surface area (Å²) in [5.41, 5.74) is 0.993. The molecule has 0 saturated heterocycles. The van der Waals surface area contributed by atoms with Crippen LogP contribution in [0.15, 0.2) is 24.3 Å². The molecule has 110 valence electrons. The Morgan fingerprint density at radius 2 is 1.70 bits per heavy atom. The first-order valence-corrected chi connectivity index (χ1v) is 6.67. The standard InChI is InChI=1S/C15H22N2O3/c1-5-15(3,4)14(20)17-12-8-6-11(7-9-12)16-10(2)13(18)19/h6-10,16H,5H2,1-4H3,(H,17,20)(H,18,19). The van der Waals surface area contributed by atoms with Gasteiger partial charge >= 0.3 is 5.97 Å². The lowest BCUT2D eigenvalue weighted by atomic mass is 9.89. The minimum atomic E-state index is -0.910. The predicted molar refractivity (Wildman–Crippen MR) is 79.9 cm³/mol. The average Bonchev–Trinajstić information content (AvgIpc) is 2.40. The molecule has 3 N–H and O–H groups in total. The Kier molecular flexibility index (Phi) is 5.13. The van der Waals surface area contributed by atoms with Gasteiger partial charge in [0.15, 0.2) is 0 Å². The average molecular weight is 278 g/mol. The van der Waals surface area contributed by atoms with Gasteiger partial charge in [0, 0.05) is 16.8 Å². The first-order valence-electron chi connectivity index (χ1n) is 6.67. The molecule has 0 spiro atoms. The van der Waals surface area contributed by atoms with Gasteiger partial charge in [-0.15, -0.1) is 0 Å². The molecule has 0 radical (unpaired) electrons. The quantitative estimate of drug-likeness (QED) is 0.747. The summed E-state index contributed by atoms with van der Waals surface area (Å²) in [6, 6.07) is 6.33. The summed E-state index contributed by atoms with van der Waals surface area (Å²) in [6.45, 7) is 7.33. The van der Waals surface area contributed by atoms with Crippen LogP contribution >= 0.6 is 0 Å². The minimum Gasteiger partial charge on any atom is -0.480 e. The van der Waals surface area contributed by atoms with Crippen molar-refractivity contribution in [1.82, 2.24) is 0 Å². The molecule has 0 aliphatic rings. The largest absolute Gasteiger partial charge is 0.480 e. The van der Waals surface area contributed by atoms with Crippen LogP contribution in [0.4, 0.5) is 11.4 Å². The summed E-state index contributed by atoms with van der Waals surface area (Å²) in [5, 5.41) is 14.5. The van der Waals surface area contributed by atoms with Gasteiger partial charge in [-0.05, 0) is 37.6 Å². The van der Waals surface area contributed by atoms with Gasteiger partial charge in [-0.25, -0.2) is 0 Å². The Morgan fingerprint density at radius 3 is 2.15 bits per heavy atom. The van der Waals surface area contributed by atoms with E-state index in [9.17, 15) is 9.59 Å². The number of nitrogens with one attached hydrogen (secondary N) is 2. The van der Waals surface area contributed by atoms with Crippen molar-refractivity contribution in [2.75, 3.05) is 10.6 Å². The molecule has 5 heteroatoms. The maximum atomic E-state index is 12.0. The van der Waals surface area contributed by atoms with Gasteiger partial charge in [0.25, 0.3) is 0 Å². The molecule has 1 rings (SSSR count). The molecule has 20 heavy (non-hydrogen) atoms. The van der Waals surface area contributed by atoms with Gasteiger partial charge in [0.1, 0.15) is 6.04 Å². The molecule has 0 saturated carbocycles. The molecule has 0 aromatic heterocycles. The summed E-state index contributed by atoms with van der Waals surface area (Å²) in [7, 11) is 0. The lowest BCUT2D eigenvalue weighted by Crippen LogP contribution is -2.30. The molecule has 1 amide bonds. The Balaban J connectivity index is 2.68. The van der Waals surface area contributed by atoms with Gasteiger partial charge in [0.05, 0.1) is 0 Å². The Morgan fingerprint density at radius 1 is 1.20 bits per heavy atom. The predicted octanol–water partition coefficient (Wildman–Crippen LogP) is 2.95. The fourth-order valence-corrected chi connectivity index (χ4v) is 1.42. The maximum Gasteiger partial charge on any atom is 0.325 e. The van der Waals surface area contributed by atoms with Crippen molar-refractivity contribution < 1.29 is 14.7 Å². The topological polar surface area (TPSA) is 78.4 Å². The zero-order chi connectivity index (χ0) is 15.3. The zero-order valence-corrected chi connectivity index (χ0v) is 12.4. The highest BCUT2D eigenvalue weighted by molar-refractivity contribution is 5.94. The van der Waals surface area contributed by atoms with Crippen LogP contribution < -0.4 is 10.6 Å². The zero-order valence-electron chi connectivity index (χ0n) is 12.4. The van der Waals surface area contributed by atoms with Gasteiger partial charge in [-0.1, -0.05) is 20.8 Å². The molecule has 0 aliphatic carbocycles. The summed E-state index contributed by atoms with van der Waals surface area (Å²) < 4.78 is 0. The van der Waals surface area contributed by atoms with Crippen LogP contribution in [-0.4, -0.2) is 23.0 Å². The van der Waals surface area contributed by atoms with Crippen LogP contribution in [0.25, 0.3) is 0 Å². The SMILES string of the molecule is CCC(C)(C)C(=O)Nc1ccc(NC(C)C(=O)O)cc1. The maximum absolute atomic E-state index is 12.0. The highest BCUT2D eigenvalue weighted by atomic mass is 16.4. The summed E-state index contributed by atoms with van der Waals surface area (Å²) >= 11 is 0. The Bertz CT molecular complexity index is 480. The summed E-state index contributed by atoms with van der Waals surface area (Å²) in [5.74, 6) is -0.938. The fraction of sp³-hybridized carbons (Fsp3) is 0.467. The van der Waals surface area contributed by atoms with Crippen molar-refractivity contribution in [3.05, 3.63) is 24.3 Å². The highest BCUT2D eigenvalue weighted by Crippen LogP contribution is 2.23. The number of carboxylic acid groups (broad SMARTS) is 1. The lowest BCUT2D eigenvalue weighted by Gasteiger charge is -2.21. The fourth-order valence-electron chi connectivity index (χ4n) is 1.42. The van der Waals surface area contributed by atoms with E-state index in [2.05, 4.69) is 10.6 Å². The number of anilines is 2. The number of rotatable bonds is 6. The number of hydrogen-bond donors (Lipinski definition) is 3. The molecule has 1 aromatic rings. The van der Waals surface area contributed by atoms with Gasteiger partial charge in [-0.3, -0.25) is 9.59 Å². The van der Waals surface area contributed by atoms with E-state index < -0.39 is 17.4 Å². The van der Waals surface area contributed by atoms with E-state index in [-0.39, 0.29) is 5.91 Å². The molecule has 0 bridgehead atoms. The molecular weight excluding hydrogens is 256 g/mol. The molecule has 5 nitrogen and oxygen atoms in total. The monoisotopic (exact) mass is 278 g/mol. The molecule has 1 unspecified atom stereocenters. The number of hydrogen-bond acceptors (Lipinski definition) is 3. The van der Waals surface area contributed by atoms with E-state index in [1.54, 1.807) is 31.2 Å².